The van der Waals surface area contributed by atoms with Gasteiger partial charge < -0.3 is 14.0 Å². The Hall–Kier alpha value is -2.73. The van der Waals surface area contributed by atoms with E-state index in [-0.39, 0.29) is 24.3 Å². The van der Waals surface area contributed by atoms with E-state index in [4.69, 9.17) is 9.47 Å². The van der Waals surface area contributed by atoms with Crippen LogP contribution in [0.25, 0.3) is 6.08 Å². The average molecular weight is 385 g/mol. The molecule has 1 fully saturated rings. The maximum Gasteiger partial charge on any atom is 0.331 e. The van der Waals surface area contributed by atoms with Gasteiger partial charge in [-0.25, -0.2) is 9.18 Å². The Morgan fingerprint density at radius 3 is 2.86 bits per heavy atom. The molecule has 0 spiro atoms. The molecule has 0 aliphatic carbocycles. The molecule has 2 heterocycles. The molecule has 2 aromatic rings. The maximum absolute atomic E-state index is 13.1. The summed E-state index contributed by atoms with van der Waals surface area (Å²) in [6, 6.07) is 7.67. The molecule has 1 aromatic heterocycles. The molecule has 0 radical (unpaired) electrons. The summed E-state index contributed by atoms with van der Waals surface area (Å²) < 4.78 is 25.9. The lowest BCUT2D eigenvalue weighted by atomic mass is 10.1. The molecule has 0 N–H and O–H groups in total. The maximum atomic E-state index is 13.1. The molecule has 1 atom stereocenters. The van der Waals surface area contributed by atoms with Crippen LogP contribution in [0.2, 0.25) is 0 Å². The number of ketones is 1. The molecule has 0 saturated carbocycles. The van der Waals surface area contributed by atoms with E-state index in [1.54, 1.807) is 12.1 Å². The van der Waals surface area contributed by atoms with Crippen molar-refractivity contribution in [1.29, 1.82) is 0 Å². The van der Waals surface area contributed by atoms with E-state index in [1.165, 1.54) is 24.3 Å². The Morgan fingerprint density at radius 2 is 2.14 bits per heavy atom. The molecule has 1 aliphatic rings. The van der Waals surface area contributed by atoms with Crippen LogP contribution in [-0.4, -0.2) is 35.6 Å². The van der Waals surface area contributed by atoms with Gasteiger partial charge in [-0.05, 0) is 56.5 Å². The molecule has 1 unspecified atom stereocenters. The van der Waals surface area contributed by atoms with Crippen LogP contribution in [0, 0.1) is 19.7 Å². The Kier molecular flexibility index (Phi) is 6.41. The largest absolute Gasteiger partial charge is 0.454 e. The van der Waals surface area contributed by atoms with E-state index in [2.05, 4.69) is 4.57 Å². The zero-order valence-electron chi connectivity index (χ0n) is 16.1. The van der Waals surface area contributed by atoms with Gasteiger partial charge in [0.2, 0.25) is 5.78 Å². The molecule has 28 heavy (non-hydrogen) atoms. The molecular formula is C22H24FNO4. The molecular weight excluding hydrogens is 361 g/mol. The number of aromatic nitrogens is 1. The summed E-state index contributed by atoms with van der Waals surface area (Å²) >= 11 is 0. The second kappa shape index (κ2) is 8.97. The summed E-state index contributed by atoms with van der Waals surface area (Å²) in [7, 11) is 0. The number of Topliss-reactive ketones (excluding diaryl/α,β-unsaturated/α-hetero) is 1. The first-order chi connectivity index (χ1) is 13.4. The smallest absolute Gasteiger partial charge is 0.331 e. The molecule has 1 aromatic carbocycles. The first-order valence-corrected chi connectivity index (χ1v) is 9.36. The normalized spacial score (nSPS) is 16.6. The molecule has 5 nitrogen and oxygen atoms in total. The summed E-state index contributed by atoms with van der Waals surface area (Å²) in [6.07, 6.45) is 4.90. The van der Waals surface area contributed by atoms with Crippen molar-refractivity contribution >= 4 is 17.8 Å². The number of carbonyl (C=O) groups excluding carboxylic acids is 2. The summed E-state index contributed by atoms with van der Waals surface area (Å²) in [5.74, 6) is -1.28. The van der Waals surface area contributed by atoms with Gasteiger partial charge in [-0.1, -0.05) is 12.1 Å². The van der Waals surface area contributed by atoms with Crippen LogP contribution in [0.4, 0.5) is 4.39 Å². The highest BCUT2D eigenvalue weighted by Crippen LogP contribution is 2.20. The Labute approximate surface area is 163 Å². The van der Waals surface area contributed by atoms with Gasteiger partial charge in [-0.3, -0.25) is 4.79 Å². The van der Waals surface area contributed by atoms with Crippen LogP contribution in [0.5, 0.6) is 0 Å². The molecule has 6 heteroatoms. The van der Waals surface area contributed by atoms with E-state index in [9.17, 15) is 14.0 Å². The Bertz CT molecular complexity index is 894. The summed E-state index contributed by atoms with van der Waals surface area (Å²) in [5, 5.41) is 0. The number of hydrogen-bond acceptors (Lipinski definition) is 4. The summed E-state index contributed by atoms with van der Waals surface area (Å²) in [5.41, 5.74) is 2.93. The number of esters is 1. The third kappa shape index (κ3) is 4.95. The fourth-order valence-corrected chi connectivity index (χ4v) is 3.39. The van der Waals surface area contributed by atoms with E-state index in [1.807, 2.05) is 19.9 Å². The number of ether oxygens (including phenoxy) is 2. The van der Waals surface area contributed by atoms with Crippen LogP contribution >= 0.6 is 0 Å². The van der Waals surface area contributed by atoms with Crippen LogP contribution in [0.1, 0.15) is 40.2 Å². The van der Waals surface area contributed by atoms with Crippen molar-refractivity contribution < 1.29 is 23.5 Å². The zero-order chi connectivity index (χ0) is 20.1. The van der Waals surface area contributed by atoms with Crippen molar-refractivity contribution in [3.63, 3.8) is 0 Å². The van der Waals surface area contributed by atoms with Gasteiger partial charge in [0.1, 0.15) is 5.82 Å². The van der Waals surface area contributed by atoms with Gasteiger partial charge in [0.25, 0.3) is 0 Å². The van der Waals surface area contributed by atoms with Crippen molar-refractivity contribution in [2.45, 2.75) is 39.3 Å². The predicted octanol–water partition coefficient (Wildman–Crippen LogP) is 3.86. The quantitative estimate of drug-likeness (QED) is 0.413. The number of hydrogen-bond donors (Lipinski definition) is 0. The number of benzene rings is 1. The lowest BCUT2D eigenvalue weighted by Gasteiger charge is -2.14. The van der Waals surface area contributed by atoms with Crippen LogP contribution in [0.15, 0.2) is 36.4 Å². The van der Waals surface area contributed by atoms with Crippen LogP contribution in [0.3, 0.4) is 0 Å². The minimum atomic E-state index is -0.647. The van der Waals surface area contributed by atoms with Gasteiger partial charge in [-0.2, -0.15) is 0 Å². The number of nitrogens with zero attached hydrogens (tertiary/aromatic N) is 1. The van der Waals surface area contributed by atoms with Crippen LogP contribution in [-0.2, 0) is 20.8 Å². The second-order valence-electron chi connectivity index (χ2n) is 6.95. The molecule has 1 saturated heterocycles. The number of rotatable bonds is 7. The lowest BCUT2D eigenvalue weighted by Crippen LogP contribution is -2.18. The standard InChI is InChI=1S/C22H24FNO4/c1-15-11-20(16(2)24(15)13-19-7-4-10-27-19)21(25)14-28-22(26)9-8-17-5-3-6-18(23)12-17/h3,5-6,8-9,11-12,19H,4,7,10,13-14H2,1-2H3. The predicted molar refractivity (Wildman–Crippen MR) is 104 cm³/mol. The molecule has 1 aliphatic heterocycles. The number of halogens is 1. The monoisotopic (exact) mass is 385 g/mol. The van der Waals surface area contributed by atoms with E-state index in [0.717, 1.165) is 37.4 Å². The highest BCUT2D eigenvalue weighted by molar-refractivity contribution is 6.00. The van der Waals surface area contributed by atoms with E-state index >= 15 is 0 Å². The molecule has 0 amide bonds. The minimum Gasteiger partial charge on any atom is -0.454 e. The minimum absolute atomic E-state index is 0.179. The van der Waals surface area contributed by atoms with Crippen molar-refractivity contribution in [3.05, 3.63) is 64.7 Å². The van der Waals surface area contributed by atoms with Crippen LogP contribution < -0.4 is 0 Å². The van der Waals surface area contributed by atoms with Gasteiger partial charge in [0.05, 0.1) is 6.10 Å². The number of carbonyl (C=O) groups is 2. The number of aryl methyl sites for hydroxylation is 1. The highest BCUT2D eigenvalue weighted by atomic mass is 19.1. The van der Waals surface area contributed by atoms with Crippen molar-refractivity contribution in [3.8, 4) is 0 Å². The van der Waals surface area contributed by atoms with Crippen molar-refractivity contribution in [2.24, 2.45) is 0 Å². The molecule has 3 rings (SSSR count). The fourth-order valence-electron chi connectivity index (χ4n) is 3.39. The first kappa shape index (κ1) is 20.0. The van der Waals surface area contributed by atoms with Gasteiger partial charge >= 0.3 is 5.97 Å². The second-order valence-corrected chi connectivity index (χ2v) is 6.95. The highest BCUT2D eigenvalue weighted by Gasteiger charge is 2.21. The van der Waals surface area contributed by atoms with Gasteiger partial charge in [-0.15, -0.1) is 0 Å². The van der Waals surface area contributed by atoms with E-state index in [0.29, 0.717) is 11.1 Å². The SMILES string of the molecule is Cc1cc(C(=O)COC(=O)C=Cc2cccc(F)c2)c(C)n1CC1CCCO1. The van der Waals surface area contributed by atoms with Gasteiger partial charge in [0, 0.05) is 36.2 Å². The topological polar surface area (TPSA) is 57.5 Å². The fraction of sp³-hybridized carbons (Fsp3) is 0.364. The molecule has 148 valence electrons. The third-order valence-electron chi connectivity index (χ3n) is 4.89. The van der Waals surface area contributed by atoms with Crippen molar-refractivity contribution in [1.82, 2.24) is 4.57 Å². The third-order valence-corrected chi connectivity index (χ3v) is 4.89. The zero-order valence-corrected chi connectivity index (χ0v) is 16.1. The average Bonchev–Trinajstić information content (AvgIpc) is 3.28. The van der Waals surface area contributed by atoms with Crippen molar-refractivity contribution in [2.75, 3.05) is 13.2 Å². The van der Waals surface area contributed by atoms with E-state index < -0.39 is 5.97 Å². The molecule has 0 bridgehead atoms. The summed E-state index contributed by atoms with van der Waals surface area (Å²) in [4.78, 5) is 24.3. The lowest BCUT2D eigenvalue weighted by molar-refractivity contribution is -0.136. The Balaban J connectivity index is 1.57. The van der Waals surface area contributed by atoms with Gasteiger partial charge in [0.15, 0.2) is 6.61 Å². The summed E-state index contributed by atoms with van der Waals surface area (Å²) in [6.45, 7) is 5.01. The first-order valence-electron chi connectivity index (χ1n) is 9.36. The Morgan fingerprint density at radius 1 is 1.32 bits per heavy atom.